The molecule has 1 aromatic carbocycles. The van der Waals surface area contributed by atoms with Gasteiger partial charge in [-0.15, -0.1) is 0 Å². The zero-order valence-electron chi connectivity index (χ0n) is 17.7. The van der Waals surface area contributed by atoms with Crippen LogP contribution in [0.5, 0.6) is 5.75 Å². The van der Waals surface area contributed by atoms with Crippen molar-refractivity contribution in [1.29, 1.82) is 0 Å². The Labute approximate surface area is 173 Å². The quantitative estimate of drug-likeness (QED) is 0.452. The lowest BCUT2D eigenvalue weighted by Crippen LogP contribution is -2.86. The van der Waals surface area contributed by atoms with Gasteiger partial charge >= 0.3 is 5.97 Å². The van der Waals surface area contributed by atoms with E-state index in [0.29, 0.717) is 11.8 Å². The number of hydrogen-bond acceptors (Lipinski definition) is 4. The fourth-order valence-electron chi connectivity index (χ4n) is 6.69. The summed E-state index contributed by atoms with van der Waals surface area (Å²) in [6, 6.07) is 8.18. The Morgan fingerprint density at radius 2 is 2.10 bits per heavy atom. The van der Waals surface area contributed by atoms with Crippen LogP contribution in [0.3, 0.4) is 0 Å². The molecule has 4 fully saturated rings. The molecular formula is C24H34NO4+. The van der Waals surface area contributed by atoms with E-state index in [1.54, 1.807) is 7.11 Å². The first-order valence-electron chi connectivity index (χ1n) is 11.3. The second-order valence-electron chi connectivity index (χ2n) is 9.97. The number of methoxy groups -OCH3 is 1. The molecule has 1 spiro atoms. The highest BCUT2D eigenvalue weighted by atomic mass is 16.6. The average Bonchev–Trinajstić information content (AvgIpc) is 3.41. The molecule has 2 heterocycles. The number of benzene rings is 1. The minimum atomic E-state index is 0.0277. The summed E-state index contributed by atoms with van der Waals surface area (Å²) in [5, 5.41) is 2.29. The first-order valence-corrected chi connectivity index (χ1v) is 11.3. The number of hydrogen-bond donors (Lipinski definition) is 1. The van der Waals surface area contributed by atoms with Gasteiger partial charge in [0.15, 0.2) is 0 Å². The van der Waals surface area contributed by atoms with Gasteiger partial charge < -0.3 is 19.5 Å². The molecule has 2 saturated heterocycles. The van der Waals surface area contributed by atoms with Gasteiger partial charge in [0.25, 0.3) is 0 Å². The lowest BCUT2D eigenvalue weighted by atomic mass is 9.53. The summed E-state index contributed by atoms with van der Waals surface area (Å²) < 4.78 is 17.4. The normalized spacial score (nSPS) is 40.3. The van der Waals surface area contributed by atoms with Crippen LogP contribution < -0.4 is 10.1 Å². The van der Waals surface area contributed by atoms with Crippen molar-refractivity contribution in [2.75, 3.05) is 26.8 Å². The van der Waals surface area contributed by atoms with Crippen LogP contribution in [0.4, 0.5) is 0 Å². The topological polar surface area (TPSA) is 64.7 Å². The molecule has 2 N–H and O–H groups in total. The number of carbonyl (C=O) groups excluding carboxylic acids is 1. The van der Waals surface area contributed by atoms with E-state index >= 15 is 0 Å². The smallest absolute Gasteiger partial charge is 0.315 e. The van der Waals surface area contributed by atoms with E-state index in [2.05, 4.69) is 24.4 Å². The van der Waals surface area contributed by atoms with E-state index in [0.717, 1.165) is 44.7 Å². The fraction of sp³-hybridized carbons (Fsp3) is 0.708. The van der Waals surface area contributed by atoms with Gasteiger partial charge in [0.2, 0.25) is 0 Å². The summed E-state index contributed by atoms with van der Waals surface area (Å²) in [7, 11) is 1.72. The van der Waals surface area contributed by atoms with Crippen LogP contribution in [-0.4, -0.2) is 44.5 Å². The van der Waals surface area contributed by atoms with Crippen LogP contribution in [0.2, 0.25) is 0 Å². The number of carbonyl (C=O) groups is 1. The number of ether oxygens (including phenoxy) is 3. The third kappa shape index (κ3) is 3.36. The van der Waals surface area contributed by atoms with Crippen molar-refractivity contribution in [3.8, 4) is 5.75 Å². The van der Waals surface area contributed by atoms with Crippen LogP contribution in [-0.2, 0) is 20.7 Å². The van der Waals surface area contributed by atoms with Crippen molar-refractivity contribution in [3.63, 3.8) is 0 Å². The first kappa shape index (κ1) is 19.4. The van der Waals surface area contributed by atoms with Crippen molar-refractivity contribution < 1.29 is 24.3 Å². The standard InChI is InChI=1S/C24H33NO4/c1-23-9-5-10-24(15-28-24)21(23)12-17-18(22(26)29-20(17)13-23)14-25-11-8-16-6-3-4-7-19(16)27-2/h3-4,6-7,17-18,20-21,25H,5,8-15H2,1-2H3/p+1/t17-,18-,20-,21+,23-,24+/m1/s1. The minimum Gasteiger partial charge on any atom is -0.496 e. The number of para-hydroxylation sites is 1. The van der Waals surface area contributed by atoms with E-state index in [-0.39, 0.29) is 29.0 Å². The maximum atomic E-state index is 12.7. The number of quaternary nitrogens is 1. The molecule has 1 aromatic rings. The third-order valence-electron chi connectivity index (χ3n) is 8.31. The predicted molar refractivity (Wildman–Crippen MR) is 109 cm³/mol. The summed E-state index contributed by atoms with van der Waals surface area (Å²) in [5.41, 5.74) is 1.63. The Kier molecular flexibility index (Phi) is 4.86. The van der Waals surface area contributed by atoms with Gasteiger partial charge in [-0.3, -0.25) is 4.79 Å². The highest BCUT2D eigenvalue weighted by Crippen LogP contribution is 2.62. The SMILES string of the molecule is COc1ccccc1CC[NH2+]C[C@H]1C(=O)O[C@@H]2C[C@@]3(C)CCC[C@]4(CO4)[C@H]3C[C@@H]21. The molecule has 0 bridgehead atoms. The van der Waals surface area contributed by atoms with Crippen molar-refractivity contribution in [3.05, 3.63) is 29.8 Å². The van der Waals surface area contributed by atoms with E-state index in [1.807, 2.05) is 12.1 Å². The number of epoxide rings is 1. The first-order chi connectivity index (χ1) is 14.0. The van der Waals surface area contributed by atoms with Crippen LogP contribution in [0.15, 0.2) is 24.3 Å². The Hall–Kier alpha value is -1.59. The van der Waals surface area contributed by atoms with E-state index in [4.69, 9.17) is 14.2 Å². The molecule has 2 aliphatic heterocycles. The maximum absolute atomic E-state index is 12.7. The summed E-state index contributed by atoms with van der Waals surface area (Å²) in [5.74, 6) is 1.96. The molecular weight excluding hydrogens is 366 g/mol. The molecule has 5 nitrogen and oxygen atoms in total. The molecule has 4 aliphatic rings. The summed E-state index contributed by atoms with van der Waals surface area (Å²) >= 11 is 0. The molecule has 158 valence electrons. The second kappa shape index (κ2) is 7.28. The number of fused-ring (bicyclic) bond motifs is 3. The number of rotatable bonds is 6. The van der Waals surface area contributed by atoms with Crippen LogP contribution in [0.1, 0.15) is 44.6 Å². The van der Waals surface area contributed by atoms with Crippen LogP contribution in [0, 0.1) is 23.2 Å². The van der Waals surface area contributed by atoms with E-state index in [1.165, 1.54) is 24.8 Å². The number of nitrogens with two attached hydrogens (primary N) is 1. The summed E-state index contributed by atoms with van der Waals surface area (Å²) in [6.45, 7) is 5.12. The Morgan fingerprint density at radius 1 is 1.28 bits per heavy atom. The molecule has 0 radical (unpaired) electrons. The molecule has 0 aromatic heterocycles. The Morgan fingerprint density at radius 3 is 2.90 bits per heavy atom. The number of esters is 1. The van der Waals surface area contributed by atoms with Gasteiger partial charge in [-0.1, -0.05) is 25.1 Å². The zero-order valence-corrected chi connectivity index (χ0v) is 17.7. The van der Waals surface area contributed by atoms with Gasteiger partial charge in [-0.05, 0) is 55.1 Å². The summed E-state index contributed by atoms with van der Waals surface area (Å²) in [4.78, 5) is 12.7. The van der Waals surface area contributed by atoms with Gasteiger partial charge in [-0.2, -0.15) is 0 Å². The van der Waals surface area contributed by atoms with Gasteiger partial charge in [-0.25, -0.2) is 0 Å². The lowest BCUT2D eigenvalue weighted by molar-refractivity contribution is -0.658. The second-order valence-corrected chi connectivity index (χ2v) is 9.97. The molecule has 0 unspecified atom stereocenters. The maximum Gasteiger partial charge on any atom is 0.315 e. The molecule has 2 saturated carbocycles. The van der Waals surface area contributed by atoms with Gasteiger partial charge in [0.05, 0.1) is 32.4 Å². The Bertz CT molecular complexity index is 776. The zero-order chi connectivity index (χ0) is 20.1. The molecule has 29 heavy (non-hydrogen) atoms. The van der Waals surface area contributed by atoms with Crippen molar-refractivity contribution >= 4 is 5.97 Å². The largest absolute Gasteiger partial charge is 0.496 e. The molecule has 5 heteroatoms. The monoisotopic (exact) mass is 400 g/mol. The van der Waals surface area contributed by atoms with Crippen molar-refractivity contribution in [1.82, 2.24) is 0 Å². The fourth-order valence-corrected chi connectivity index (χ4v) is 6.69. The minimum absolute atomic E-state index is 0.0277. The lowest BCUT2D eigenvalue weighted by Gasteiger charge is -2.51. The predicted octanol–water partition coefficient (Wildman–Crippen LogP) is 2.33. The van der Waals surface area contributed by atoms with Crippen molar-refractivity contribution in [2.45, 2.75) is 57.2 Å². The third-order valence-corrected chi connectivity index (χ3v) is 8.31. The Balaban J connectivity index is 1.21. The molecule has 6 atom stereocenters. The molecule has 0 amide bonds. The van der Waals surface area contributed by atoms with Crippen LogP contribution in [0.25, 0.3) is 0 Å². The highest BCUT2D eigenvalue weighted by Gasteiger charge is 2.65. The highest BCUT2D eigenvalue weighted by molar-refractivity contribution is 5.75. The molecule has 2 aliphatic carbocycles. The van der Waals surface area contributed by atoms with E-state index < -0.39 is 0 Å². The van der Waals surface area contributed by atoms with Gasteiger partial charge in [0, 0.05) is 12.3 Å². The van der Waals surface area contributed by atoms with Crippen molar-refractivity contribution in [2.24, 2.45) is 23.2 Å². The molecule has 5 rings (SSSR count). The van der Waals surface area contributed by atoms with Gasteiger partial charge in [0.1, 0.15) is 17.8 Å². The van der Waals surface area contributed by atoms with Crippen LogP contribution >= 0.6 is 0 Å². The van der Waals surface area contributed by atoms with E-state index in [9.17, 15) is 4.79 Å². The summed E-state index contributed by atoms with van der Waals surface area (Å²) in [6.07, 6.45) is 6.88. The average molecular weight is 401 g/mol.